The fourth-order valence-corrected chi connectivity index (χ4v) is 3.25. The summed E-state index contributed by atoms with van der Waals surface area (Å²) in [7, 11) is -2.52. The molecule has 0 amide bonds. The van der Waals surface area contributed by atoms with Gasteiger partial charge in [0, 0.05) is 13.6 Å². The van der Waals surface area contributed by atoms with Crippen LogP contribution in [0.3, 0.4) is 0 Å². The predicted molar refractivity (Wildman–Crippen MR) is 81.3 cm³/mol. The summed E-state index contributed by atoms with van der Waals surface area (Å²) in [6, 6.07) is 11.7. The van der Waals surface area contributed by atoms with Crippen LogP contribution < -0.4 is 0 Å². The van der Waals surface area contributed by atoms with Crippen LogP contribution in [-0.2, 0) is 22.7 Å². The minimum absolute atomic E-state index is 0.0454. The first-order chi connectivity index (χ1) is 11.1. The lowest BCUT2D eigenvalue weighted by atomic mass is 10.1. The van der Waals surface area contributed by atoms with Gasteiger partial charge in [-0.25, -0.2) is 8.42 Å². The number of rotatable bonds is 4. The molecule has 4 nitrogen and oxygen atoms in total. The second kappa shape index (κ2) is 6.63. The minimum atomic E-state index is -4.44. The van der Waals surface area contributed by atoms with Gasteiger partial charge in [0.15, 0.2) is 0 Å². The molecule has 0 aliphatic carbocycles. The van der Waals surface area contributed by atoms with Crippen molar-refractivity contribution in [1.29, 1.82) is 5.26 Å². The van der Waals surface area contributed by atoms with Crippen molar-refractivity contribution in [2.45, 2.75) is 17.6 Å². The van der Waals surface area contributed by atoms with Crippen LogP contribution in [0.5, 0.6) is 0 Å². The third-order valence-corrected chi connectivity index (χ3v) is 5.16. The lowest BCUT2D eigenvalue weighted by Gasteiger charge is -2.18. The lowest BCUT2D eigenvalue weighted by Crippen LogP contribution is -2.26. The van der Waals surface area contributed by atoms with Gasteiger partial charge in [0.25, 0.3) is 0 Å². The first-order valence-electron chi connectivity index (χ1n) is 6.77. The van der Waals surface area contributed by atoms with E-state index in [1.54, 1.807) is 0 Å². The maximum atomic E-state index is 12.5. The van der Waals surface area contributed by atoms with Gasteiger partial charge < -0.3 is 0 Å². The highest BCUT2D eigenvalue weighted by molar-refractivity contribution is 7.89. The van der Waals surface area contributed by atoms with E-state index < -0.39 is 21.8 Å². The van der Waals surface area contributed by atoms with Crippen LogP contribution in [0.25, 0.3) is 0 Å². The Morgan fingerprint density at radius 2 is 1.75 bits per heavy atom. The molecule has 8 heteroatoms. The zero-order chi connectivity index (χ0) is 18.0. The molecule has 2 rings (SSSR count). The monoisotopic (exact) mass is 354 g/mol. The predicted octanol–water partition coefficient (Wildman–Crippen LogP) is 3.40. The van der Waals surface area contributed by atoms with Crippen LogP contribution in [0.15, 0.2) is 53.4 Å². The summed E-state index contributed by atoms with van der Waals surface area (Å²) in [5.41, 5.74) is -0.164. The first-order valence-corrected chi connectivity index (χ1v) is 8.21. The molecule has 0 radical (unpaired) electrons. The smallest absolute Gasteiger partial charge is 0.207 e. The zero-order valence-corrected chi connectivity index (χ0v) is 13.4. The SMILES string of the molecule is CN(Cc1ccc(C(F)(F)F)cc1)S(=O)(=O)c1cccc(C#N)c1. The summed E-state index contributed by atoms with van der Waals surface area (Å²) >= 11 is 0. The van der Waals surface area contributed by atoms with Crippen molar-refractivity contribution < 1.29 is 21.6 Å². The van der Waals surface area contributed by atoms with Crippen molar-refractivity contribution in [3.63, 3.8) is 0 Å². The van der Waals surface area contributed by atoms with E-state index in [9.17, 15) is 21.6 Å². The summed E-state index contributed by atoms with van der Waals surface area (Å²) in [5.74, 6) is 0. The van der Waals surface area contributed by atoms with Gasteiger partial charge in [-0.2, -0.15) is 22.7 Å². The maximum Gasteiger partial charge on any atom is 0.416 e. The number of hydrogen-bond acceptors (Lipinski definition) is 3. The number of halogens is 3. The number of alkyl halides is 3. The van der Waals surface area contributed by atoms with Gasteiger partial charge in [-0.15, -0.1) is 0 Å². The van der Waals surface area contributed by atoms with Crippen LogP contribution in [0.4, 0.5) is 13.2 Å². The maximum absolute atomic E-state index is 12.5. The molecule has 0 fully saturated rings. The van der Waals surface area contributed by atoms with Crippen LogP contribution in [0.2, 0.25) is 0 Å². The minimum Gasteiger partial charge on any atom is -0.207 e. The van der Waals surface area contributed by atoms with Crippen molar-refractivity contribution >= 4 is 10.0 Å². The van der Waals surface area contributed by atoms with E-state index in [2.05, 4.69) is 0 Å². The van der Waals surface area contributed by atoms with Crippen molar-refractivity contribution in [3.05, 3.63) is 65.2 Å². The Bertz CT molecular complexity index is 869. The Kier molecular flexibility index (Phi) is 4.96. The molecule has 0 spiro atoms. The van der Waals surface area contributed by atoms with Crippen LogP contribution in [0, 0.1) is 11.3 Å². The lowest BCUT2D eigenvalue weighted by molar-refractivity contribution is -0.137. The van der Waals surface area contributed by atoms with E-state index in [0.29, 0.717) is 5.56 Å². The molecule has 0 atom stereocenters. The summed E-state index contributed by atoms with van der Waals surface area (Å²) in [6.45, 7) is -0.0861. The average Bonchev–Trinajstić information content (AvgIpc) is 2.54. The third-order valence-electron chi connectivity index (χ3n) is 3.36. The summed E-state index contributed by atoms with van der Waals surface area (Å²) < 4.78 is 63.5. The van der Waals surface area contributed by atoms with Crippen molar-refractivity contribution in [3.8, 4) is 6.07 Å². The standard InChI is InChI=1S/C16H13F3N2O2S/c1-21(11-12-5-7-14(8-6-12)16(17,18)19)24(22,23)15-4-2-3-13(9-15)10-20/h2-9H,11H2,1H3. The molecule has 0 saturated carbocycles. The first kappa shape index (κ1) is 18.0. The number of nitrogens with zero attached hydrogens (tertiary/aromatic N) is 2. The van der Waals surface area contributed by atoms with Gasteiger partial charge in [-0.05, 0) is 35.9 Å². The zero-order valence-electron chi connectivity index (χ0n) is 12.6. The number of benzene rings is 2. The Labute approximate surface area is 137 Å². The van der Waals surface area contributed by atoms with E-state index in [1.807, 2.05) is 6.07 Å². The molecule has 2 aromatic rings. The van der Waals surface area contributed by atoms with E-state index in [1.165, 1.54) is 43.4 Å². The van der Waals surface area contributed by atoms with Crippen molar-refractivity contribution in [1.82, 2.24) is 4.31 Å². The van der Waals surface area contributed by atoms with Gasteiger partial charge in [0.05, 0.1) is 22.1 Å². The molecule has 0 bridgehead atoms. The molecular formula is C16H13F3N2O2S. The molecule has 0 aromatic heterocycles. The summed E-state index contributed by atoms with van der Waals surface area (Å²) in [4.78, 5) is -0.0454. The Balaban J connectivity index is 2.22. The molecule has 0 unspecified atom stereocenters. The highest BCUT2D eigenvalue weighted by Gasteiger charge is 2.30. The molecule has 0 N–H and O–H groups in total. The molecule has 126 valence electrons. The van der Waals surface area contributed by atoms with E-state index in [4.69, 9.17) is 5.26 Å². The molecule has 0 saturated heterocycles. The highest BCUT2D eigenvalue weighted by Crippen LogP contribution is 2.29. The molecule has 2 aromatic carbocycles. The molecule has 24 heavy (non-hydrogen) atoms. The molecule has 0 aliphatic heterocycles. The van der Waals surface area contributed by atoms with Gasteiger partial charge in [-0.1, -0.05) is 18.2 Å². The van der Waals surface area contributed by atoms with Crippen LogP contribution >= 0.6 is 0 Å². The van der Waals surface area contributed by atoms with Crippen molar-refractivity contribution in [2.24, 2.45) is 0 Å². The summed E-state index contributed by atoms with van der Waals surface area (Å²) in [6.07, 6.45) is -4.44. The Morgan fingerprint density at radius 1 is 1.12 bits per heavy atom. The molecular weight excluding hydrogens is 341 g/mol. The van der Waals surface area contributed by atoms with Crippen molar-refractivity contribution in [2.75, 3.05) is 7.05 Å². The van der Waals surface area contributed by atoms with Gasteiger partial charge in [0.1, 0.15) is 0 Å². The normalized spacial score (nSPS) is 12.2. The highest BCUT2D eigenvalue weighted by atomic mass is 32.2. The fraction of sp³-hybridized carbons (Fsp3) is 0.188. The largest absolute Gasteiger partial charge is 0.416 e. The fourth-order valence-electron chi connectivity index (χ4n) is 2.05. The van der Waals surface area contributed by atoms with Gasteiger partial charge in [0.2, 0.25) is 10.0 Å². The number of hydrogen-bond donors (Lipinski definition) is 0. The molecule has 0 heterocycles. The number of sulfonamides is 1. The molecule has 0 aliphatic rings. The van der Waals surface area contributed by atoms with E-state index in [0.717, 1.165) is 16.4 Å². The third kappa shape index (κ3) is 3.93. The summed E-state index contributed by atoms with van der Waals surface area (Å²) in [5, 5.41) is 8.84. The van der Waals surface area contributed by atoms with Crippen LogP contribution in [0.1, 0.15) is 16.7 Å². The Hall–Kier alpha value is -2.37. The number of nitriles is 1. The Morgan fingerprint density at radius 3 is 2.29 bits per heavy atom. The topological polar surface area (TPSA) is 61.2 Å². The van der Waals surface area contributed by atoms with Crippen LogP contribution in [-0.4, -0.2) is 19.8 Å². The quantitative estimate of drug-likeness (QED) is 0.845. The van der Waals surface area contributed by atoms with Gasteiger partial charge in [-0.3, -0.25) is 0 Å². The van der Waals surface area contributed by atoms with Gasteiger partial charge >= 0.3 is 6.18 Å². The van der Waals surface area contributed by atoms with E-state index in [-0.39, 0.29) is 17.0 Å². The van der Waals surface area contributed by atoms with E-state index >= 15 is 0 Å². The second-order valence-electron chi connectivity index (χ2n) is 5.10. The second-order valence-corrected chi connectivity index (χ2v) is 7.14. The average molecular weight is 354 g/mol.